The lowest BCUT2D eigenvalue weighted by molar-refractivity contribution is 0.0920. The highest BCUT2D eigenvalue weighted by atomic mass is 79.9. The van der Waals surface area contributed by atoms with Gasteiger partial charge in [0.25, 0.3) is 5.91 Å². The van der Waals surface area contributed by atoms with Crippen LogP contribution in [0.25, 0.3) is 0 Å². The molecule has 2 atom stereocenters. The highest BCUT2D eigenvalue weighted by Gasteiger charge is 2.22. The topological polar surface area (TPSA) is 41.1 Å². The molecule has 0 spiro atoms. The number of amides is 1. The molecule has 1 aromatic rings. The summed E-state index contributed by atoms with van der Waals surface area (Å²) in [5, 5.41) is 6.50. The van der Waals surface area contributed by atoms with E-state index in [1.165, 1.54) is 0 Å². The molecule has 1 aromatic carbocycles. The number of hydrogen-bond acceptors (Lipinski definition) is 2. The summed E-state index contributed by atoms with van der Waals surface area (Å²) in [6.07, 6.45) is 2.17. The Labute approximate surface area is 116 Å². The van der Waals surface area contributed by atoms with E-state index in [1.54, 1.807) is 0 Å². The van der Waals surface area contributed by atoms with Crippen molar-refractivity contribution in [2.45, 2.75) is 38.8 Å². The Kier molecular flexibility index (Phi) is 4.40. The van der Waals surface area contributed by atoms with Gasteiger partial charge in [0, 0.05) is 22.1 Å². The van der Waals surface area contributed by atoms with E-state index in [0.29, 0.717) is 6.04 Å². The molecule has 2 unspecified atom stereocenters. The minimum absolute atomic E-state index is 0.0196. The first kappa shape index (κ1) is 13.6. The molecule has 0 radical (unpaired) electrons. The molecular weight excluding hydrogens is 292 g/mol. The normalized spacial score (nSPS) is 23.7. The van der Waals surface area contributed by atoms with Crippen molar-refractivity contribution >= 4 is 21.8 Å². The molecular formula is C14H19BrN2O. The third kappa shape index (κ3) is 3.12. The standard InChI is InChI=1S/C14H19BrN2O/c1-9-8-11(5-6-12(9)15)14(18)17-13-4-3-7-16-10(13)2/h5-6,8,10,13,16H,3-4,7H2,1-2H3,(H,17,18). The predicted molar refractivity (Wildman–Crippen MR) is 76.8 cm³/mol. The van der Waals surface area contributed by atoms with Crippen LogP contribution in [0.15, 0.2) is 22.7 Å². The van der Waals surface area contributed by atoms with Crippen LogP contribution >= 0.6 is 15.9 Å². The Hall–Kier alpha value is -0.870. The number of nitrogens with one attached hydrogen (secondary N) is 2. The summed E-state index contributed by atoms with van der Waals surface area (Å²) < 4.78 is 1.03. The molecule has 0 saturated carbocycles. The van der Waals surface area contributed by atoms with E-state index in [4.69, 9.17) is 0 Å². The van der Waals surface area contributed by atoms with Gasteiger partial charge in [0.2, 0.25) is 0 Å². The molecule has 2 N–H and O–H groups in total. The Balaban J connectivity index is 2.04. The van der Waals surface area contributed by atoms with Crippen LogP contribution in [0.5, 0.6) is 0 Å². The van der Waals surface area contributed by atoms with Crippen LogP contribution in [0.2, 0.25) is 0 Å². The van der Waals surface area contributed by atoms with Crippen molar-refractivity contribution in [3.63, 3.8) is 0 Å². The van der Waals surface area contributed by atoms with Crippen LogP contribution in [0.4, 0.5) is 0 Å². The number of carbonyl (C=O) groups is 1. The molecule has 0 aromatic heterocycles. The van der Waals surface area contributed by atoms with Crippen molar-refractivity contribution in [2.75, 3.05) is 6.54 Å². The number of piperidine rings is 1. The number of benzene rings is 1. The van der Waals surface area contributed by atoms with Gasteiger partial charge in [-0.05, 0) is 57.0 Å². The summed E-state index contributed by atoms with van der Waals surface area (Å²) in [5.74, 6) is 0.0196. The Morgan fingerprint density at radius 1 is 1.50 bits per heavy atom. The lowest BCUT2D eigenvalue weighted by Crippen LogP contribution is -2.51. The van der Waals surface area contributed by atoms with Crippen LogP contribution in [0.3, 0.4) is 0 Å². The average Bonchev–Trinajstić information content (AvgIpc) is 2.35. The van der Waals surface area contributed by atoms with E-state index in [0.717, 1.165) is 35.0 Å². The SMILES string of the molecule is Cc1cc(C(=O)NC2CCCNC2C)ccc1Br. The quantitative estimate of drug-likeness (QED) is 0.881. The third-order valence-corrected chi connectivity index (χ3v) is 4.39. The highest BCUT2D eigenvalue weighted by Crippen LogP contribution is 2.17. The number of aryl methyl sites for hydroxylation is 1. The molecule has 0 aliphatic carbocycles. The Morgan fingerprint density at radius 3 is 2.94 bits per heavy atom. The maximum Gasteiger partial charge on any atom is 0.251 e. The summed E-state index contributed by atoms with van der Waals surface area (Å²) in [4.78, 5) is 12.2. The number of carbonyl (C=O) groups excluding carboxylic acids is 1. The predicted octanol–water partition coefficient (Wildman–Crippen LogP) is 2.63. The van der Waals surface area contributed by atoms with E-state index in [2.05, 4.69) is 33.5 Å². The summed E-state index contributed by atoms with van der Waals surface area (Å²) in [6, 6.07) is 6.27. The van der Waals surface area contributed by atoms with Gasteiger partial charge in [-0.3, -0.25) is 4.79 Å². The van der Waals surface area contributed by atoms with Gasteiger partial charge in [-0.2, -0.15) is 0 Å². The summed E-state index contributed by atoms with van der Waals surface area (Å²) >= 11 is 3.44. The molecule has 1 amide bonds. The summed E-state index contributed by atoms with van der Waals surface area (Å²) in [6.45, 7) is 5.16. The number of rotatable bonds is 2. The minimum atomic E-state index is 0.0196. The molecule has 1 aliphatic heterocycles. The smallest absolute Gasteiger partial charge is 0.251 e. The maximum absolute atomic E-state index is 12.2. The van der Waals surface area contributed by atoms with Gasteiger partial charge in [0.15, 0.2) is 0 Å². The molecule has 3 nitrogen and oxygen atoms in total. The second kappa shape index (κ2) is 5.85. The van der Waals surface area contributed by atoms with E-state index in [9.17, 15) is 4.79 Å². The lowest BCUT2D eigenvalue weighted by Gasteiger charge is -2.30. The van der Waals surface area contributed by atoms with Crippen molar-refractivity contribution in [1.82, 2.24) is 10.6 Å². The van der Waals surface area contributed by atoms with Crippen LogP contribution in [-0.4, -0.2) is 24.5 Å². The first-order chi connectivity index (χ1) is 8.58. The first-order valence-electron chi connectivity index (χ1n) is 6.38. The third-order valence-electron chi connectivity index (χ3n) is 3.50. The molecule has 4 heteroatoms. The fourth-order valence-corrected chi connectivity index (χ4v) is 2.53. The zero-order valence-corrected chi connectivity index (χ0v) is 12.4. The van der Waals surface area contributed by atoms with Crippen LogP contribution < -0.4 is 10.6 Å². The van der Waals surface area contributed by atoms with Gasteiger partial charge < -0.3 is 10.6 Å². The van der Waals surface area contributed by atoms with Crippen molar-refractivity contribution in [3.8, 4) is 0 Å². The highest BCUT2D eigenvalue weighted by molar-refractivity contribution is 9.10. The first-order valence-corrected chi connectivity index (χ1v) is 7.17. The molecule has 1 saturated heterocycles. The van der Waals surface area contributed by atoms with Crippen LogP contribution in [0, 0.1) is 6.92 Å². The van der Waals surface area contributed by atoms with Gasteiger partial charge in [-0.1, -0.05) is 15.9 Å². The zero-order chi connectivity index (χ0) is 13.1. The average molecular weight is 311 g/mol. The number of halogens is 1. The molecule has 1 aliphatic rings. The van der Waals surface area contributed by atoms with Crippen molar-refractivity contribution < 1.29 is 4.79 Å². The second-order valence-corrected chi connectivity index (χ2v) is 5.78. The van der Waals surface area contributed by atoms with Gasteiger partial charge in [0.1, 0.15) is 0 Å². The fraction of sp³-hybridized carbons (Fsp3) is 0.500. The molecule has 0 bridgehead atoms. The van der Waals surface area contributed by atoms with E-state index in [-0.39, 0.29) is 11.9 Å². The Morgan fingerprint density at radius 2 is 2.28 bits per heavy atom. The minimum Gasteiger partial charge on any atom is -0.348 e. The molecule has 18 heavy (non-hydrogen) atoms. The Bertz CT molecular complexity index is 447. The number of hydrogen-bond donors (Lipinski definition) is 2. The van der Waals surface area contributed by atoms with E-state index < -0.39 is 0 Å². The van der Waals surface area contributed by atoms with Gasteiger partial charge in [-0.15, -0.1) is 0 Å². The molecule has 2 rings (SSSR count). The monoisotopic (exact) mass is 310 g/mol. The zero-order valence-electron chi connectivity index (χ0n) is 10.8. The van der Waals surface area contributed by atoms with Crippen molar-refractivity contribution in [3.05, 3.63) is 33.8 Å². The van der Waals surface area contributed by atoms with Crippen molar-refractivity contribution in [1.29, 1.82) is 0 Å². The largest absolute Gasteiger partial charge is 0.348 e. The molecule has 1 fully saturated rings. The molecule has 98 valence electrons. The van der Waals surface area contributed by atoms with E-state index >= 15 is 0 Å². The molecule has 1 heterocycles. The van der Waals surface area contributed by atoms with Gasteiger partial charge in [-0.25, -0.2) is 0 Å². The van der Waals surface area contributed by atoms with E-state index in [1.807, 2.05) is 25.1 Å². The van der Waals surface area contributed by atoms with Gasteiger partial charge in [0.05, 0.1) is 0 Å². The van der Waals surface area contributed by atoms with Crippen molar-refractivity contribution in [2.24, 2.45) is 0 Å². The van der Waals surface area contributed by atoms with Crippen LogP contribution in [-0.2, 0) is 0 Å². The summed E-state index contributed by atoms with van der Waals surface area (Å²) in [7, 11) is 0. The lowest BCUT2D eigenvalue weighted by atomic mass is 9.99. The van der Waals surface area contributed by atoms with Crippen LogP contribution in [0.1, 0.15) is 35.7 Å². The fourth-order valence-electron chi connectivity index (χ4n) is 2.28. The van der Waals surface area contributed by atoms with Gasteiger partial charge >= 0.3 is 0 Å². The maximum atomic E-state index is 12.2. The summed E-state index contributed by atoms with van der Waals surface area (Å²) in [5.41, 5.74) is 1.81. The second-order valence-electron chi connectivity index (χ2n) is 4.93.